The maximum atomic E-state index is 12.7. The molecule has 1 unspecified atom stereocenters. The first-order chi connectivity index (χ1) is 11.1. The van der Waals surface area contributed by atoms with Crippen LogP contribution in [-0.2, 0) is 15.1 Å². The van der Waals surface area contributed by atoms with E-state index in [-0.39, 0.29) is 23.4 Å². The summed E-state index contributed by atoms with van der Waals surface area (Å²) in [4.78, 5) is 37.7. The quantitative estimate of drug-likeness (QED) is 0.780. The van der Waals surface area contributed by atoms with Gasteiger partial charge in [-0.15, -0.1) is 0 Å². The van der Waals surface area contributed by atoms with Gasteiger partial charge < -0.3 is 10.6 Å². The molecule has 2 N–H and O–H groups in total. The molecular weight excluding hydrogens is 353 g/mol. The summed E-state index contributed by atoms with van der Waals surface area (Å²) >= 11 is 11.9. The standard InChI is InChI=1S/C16H19Cl2N3O3/c1-9(2)7-19-13(22)8-21-14(23)16(3,20-15(21)24)10-4-5-11(17)12(18)6-10/h4-6,9H,7-8H2,1-3H3,(H,19,22)(H,20,24). The van der Waals surface area contributed by atoms with Crippen LogP contribution in [0.4, 0.5) is 4.79 Å². The van der Waals surface area contributed by atoms with Gasteiger partial charge in [-0.3, -0.25) is 14.5 Å². The molecule has 4 amide bonds. The predicted octanol–water partition coefficient (Wildman–Crippen LogP) is 2.53. The lowest BCUT2D eigenvalue weighted by molar-refractivity contribution is -0.134. The summed E-state index contributed by atoms with van der Waals surface area (Å²) in [6.45, 7) is 5.63. The summed E-state index contributed by atoms with van der Waals surface area (Å²) in [6, 6.07) is 4.09. The summed E-state index contributed by atoms with van der Waals surface area (Å²) in [5.74, 6) is -0.616. The maximum Gasteiger partial charge on any atom is 0.325 e. The number of halogens is 2. The van der Waals surface area contributed by atoms with Crippen LogP contribution in [0.2, 0.25) is 10.0 Å². The van der Waals surface area contributed by atoms with Crippen LogP contribution in [0.1, 0.15) is 26.3 Å². The van der Waals surface area contributed by atoms with Crippen molar-refractivity contribution in [2.75, 3.05) is 13.1 Å². The molecule has 6 nitrogen and oxygen atoms in total. The third-order valence-electron chi connectivity index (χ3n) is 3.78. The van der Waals surface area contributed by atoms with Crippen LogP contribution in [0.5, 0.6) is 0 Å². The number of hydrogen-bond acceptors (Lipinski definition) is 3. The zero-order valence-corrected chi connectivity index (χ0v) is 15.2. The van der Waals surface area contributed by atoms with Crippen molar-refractivity contribution in [1.29, 1.82) is 0 Å². The third-order valence-corrected chi connectivity index (χ3v) is 4.52. The van der Waals surface area contributed by atoms with E-state index in [1.807, 2.05) is 13.8 Å². The van der Waals surface area contributed by atoms with Gasteiger partial charge in [-0.2, -0.15) is 0 Å². The van der Waals surface area contributed by atoms with E-state index in [1.165, 1.54) is 6.07 Å². The van der Waals surface area contributed by atoms with Gasteiger partial charge in [0.1, 0.15) is 12.1 Å². The van der Waals surface area contributed by atoms with Gasteiger partial charge in [0.15, 0.2) is 0 Å². The fourth-order valence-electron chi connectivity index (χ4n) is 2.36. The van der Waals surface area contributed by atoms with E-state index in [1.54, 1.807) is 19.1 Å². The Kier molecular flexibility index (Phi) is 5.40. The molecule has 8 heteroatoms. The molecule has 1 fully saturated rings. The molecular formula is C16H19Cl2N3O3. The molecule has 1 aliphatic rings. The molecule has 0 radical (unpaired) electrons. The Balaban J connectivity index is 2.18. The van der Waals surface area contributed by atoms with Crippen molar-refractivity contribution in [3.05, 3.63) is 33.8 Å². The summed E-state index contributed by atoms with van der Waals surface area (Å²) in [5.41, 5.74) is -0.788. The summed E-state index contributed by atoms with van der Waals surface area (Å²) in [6.07, 6.45) is 0. The number of amides is 4. The van der Waals surface area contributed by atoms with Gasteiger partial charge in [0, 0.05) is 6.54 Å². The first-order valence-electron chi connectivity index (χ1n) is 7.51. The zero-order valence-electron chi connectivity index (χ0n) is 13.7. The largest absolute Gasteiger partial charge is 0.354 e. The Morgan fingerprint density at radius 3 is 2.54 bits per heavy atom. The number of carbonyl (C=O) groups excluding carboxylic acids is 3. The van der Waals surface area contributed by atoms with Crippen LogP contribution in [0.3, 0.4) is 0 Å². The minimum Gasteiger partial charge on any atom is -0.354 e. The number of imide groups is 1. The van der Waals surface area contributed by atoms with Crippen molar-refractivity contribution in [3.63, 3.8) is 0 Å². The molecule has 2 rings (SSSR count). The number of hydrogen-bond donors (Lipinski definition) is 2. The third kappa shape index (κ3) is 3.65. The monoisotopic (exact) mass is 371 g/mol. The molecule has 24 heavy (non-hydrogen) atoms. The molecule has 0 saturated carbocycles. The number of nitrogens with one attached hydrogen (secondary N) is 2. The molecule has 1 atom stereocenters. The Labute approximate surface area is 150 Å². The lowest BCUT2D eigenvalue weighted by atomic mass is 9.92. The van der Waals surface area contributed by atoms with Crippen molar-refractivity contribution in [1.82, 2.24) is 15.5 Å². The van der Waals surface area contributed by atoms with Gasteiger partial charge >= 0.3 is 6.03 Å². The van der Waals surface area contributed by atoms with E-state index in [2.05, 4.69) is 10.6 Å². The molecule has 130 valence electrons. The van der Waals surface area contributed by atoms with Crippen molar-refractivity contribution in [2.45, 2.75) is 26.3 Å². The maximum absolute atomic E-state index is 12.7. The van der Waals surface area contributed by atoms with Gasteiger partial charge in [-0.1, -0.05) is 43.1 Å². The van der Waals surface area contributed by atoms with E-state index in [0.717, 1.165) is 4.90 Å². The fraction of sp³-hybridized carbons (Fsp3) is 0.438. The minimum absolute atomic E-state index is 0.276. The van der Waals surface area contributed by atoms with E-state index in [9.17, 15) is 14.4 Å². The molecule has 0 bridgehead atoms. The molecule has 0 aliphatic carbocycles. The number of carbonyl (C=O) groups is 3. The normalized spacial score (nSPS) is 20.5. The van der Waals surface area contributed by atoms with Crippen LogP contribution in [-0.4, -0.2) is 35.8 Å². The molecule has 1 aromatic rings. The smallest absolute Gasteiger partial charge is 0.325 e. The number of benzene rings is 1. The van der Waals surface area contributed by atoms with E-state index in [0.29, 0.717) is 17.1 Å². The highest BCUT2D eigenvalue weighted by molar-refractivity contribution is 6.42. The Morgan fingerprint density at radius 2 is 1.96 bits per heavy atom. The van der Waals surface area contributed by atoms with E-state index >= 15 is 0 Å². The Morgan fingerprint density at radius 1 is 1.29 bits per heavy atom. The second kappa shape index (κ2) is 6.99. The van der Waals surface area contributed by atoms with Gasteiger partial charge in [-0.05, 0) is 30.5 Å². The van der Waals surface area contributed by atoms with Gasteiger partial charge in [0.25, 0.3) is 5.91 Å². The second-order valence-corrected chi connectivity index (χ2v) is 7.09. The lowest BCUT2D eigenvalue weighted by Gasteiger charge is -2.22. The molecule has 1 saturated heterocycles. The van der Waals surface area contributed by atoms with Gasteiger partial charge in [-0.25, -0.2) is 4.79 Å². The summed E-state index contributed by atoms with van der Waals surface area (Å²) in [7, 11) is 0. The summed E-state index contributed by atoms with van der Waals surface area (Å²) in [5, 5.41) is 5.94. The molecule has 1 aromatic carbocycles. The molecule has 0 spiro atoms. The first kappa shape index (κ1) is 18.5. The van der Waals surface area contributed by atoms with E-state index < -0.39 is 17.5 Å². The SMILES string of the molecule is CC(C)CNC(=O)CN1C(=O)NC(C)(c2ccc(Cl)c(Cl)c2)C1=O. The van der Waals surface area contributed by atoms with Gasteiger partial charge in [0.05, 0.1) is 10.0 Å². The Bertz CT molecular complexity index is 693. The first-order valence-corrected chi connectivity index (χ1v) is 8.27. The van der Waals surface area contributed by atoms with Crippen molar-refractivity contribution < 1.29 is 14.4 Å². The highest BCUT2D eigenvalue weighted by Gasteiger charge is 2.49. The Hall–Kier alpha value is -1.79. The fourth-order valence-corrected chi connectivity index (χ4v) is 2.66. The topological polar surface area (TPSA) is 78.5 Å². The van der Waals surface area contributed by atoms with Crippen molar-refractivity contribution >= 4 is 41.0 Å². The molecule has 1 heterocycles. The van der Waals surface area contributed by atoms with Crippen LogP contribution in [0, 0.1) is 5.92 Å². The molecule has 1 aliphatic heterocycles. The average molecular weight is 372 g/mol. The minimum atomic E-state index is -1.29. The number of nitrogens with zero attached hydrogens (tertiary/aromatic N) is 1. The van der Waals surface area contributed by atoms with Crippen molar-refractivity contribution in [2.24, 2.45) is 5.92 Å². The van der Waals surface area contributed by atoms with Gasteiger partial charge in [0.2, 0.25) is 5.91 Å². The average Bonchev–Trinajstić information content (AvgIpc) is 2.72. The second-order valence-electron chi connectivity index (χ2n) is 6.27. The van der Waals surface area contributed by atoms with Crippen LogP contribution in [0.25, 0.3) is 0 Å². The summed E-state index contributed by atoms with van der Waals surface area (Å²) < 4.78 is 0. The number of rotatable bonds is 5. The highest BCUT2D eigenvalue weighted by Crippen LogP contribution is 2.32. The molecule has 0 aromatic heterocycles. The highest BCUT2D eigenvalue weighted by atomic mass is 35.5. The van der Waals surface area contributed by atoms with Crippen LogP contribution >= 0.6 is 23.2 Å². The predicted molar refractivity (Wildman–Crippen MR) is 91.9 cm³/mol. The van der Waals surface area contributed by atoms with Crippen molar-refractivity contribution in [3.8, 4) is 0 Å². The van der Waals surface area contributed by atoms with E-state index in [4.69, 9.17) is 23.2 Å². The van der Waals surface area contributed by atoms with Crippen LogP contribution < -0.4 is 10.6 Å². The number of urea groups is 1. The lowest BCUT2D eigenvalue weighted by Crippen LogP contribution is -2.43. The zero-order chi connectivity index (χ0) is 18.1. The van der Waals surface area contributed by atoms with Crippen LogP contribution in [0.15, 0.2) is 18.2 Å².